The van der Waals surface area contributed by atoms with Gasteiger partial charge in [-0.05, 0) is 74.9 Å². The minimum Gasteiger partial charge on any atom is -0.497 e. The zero-order valence-corrected chi connectivity index (χ0v) is 17.1. The summed E-state index contributed by atoms with van der Waals surface area (Å²) >= 11 is 0. The van der Waals surface area contributed by atoms with E-state index < -0.39 is 0 Å². The Morgan fingerprint density at radius 2 is 1.89 bits per heavy atom. The summed E-state index contributed by atoms with van der Waals surface area (Å²) < 4.78 is 11.4. The van der Waals surface area contributed by atoms with Crippen molar-refractivity contribution in [3.05, 3.63) is 59.7 Å². The fourth-order valence-corrected chi connectivity index (χ4v) is 4.02. The number of ether oxygens (including phenoxy) is 2. The van der Waals surface area contributed by atoms with Crippen LogP contribution in [0.5, 0.6) is 11.5 Å². The molecule has 0 bridgehead atoms. The number of aliphatic hydroxyl groups is 1. The van der Waals surface area contributed by atoms with Gasteiger partial charge in [0.05, 0.1) is 19.8 Å². The van der Waals surface area contributed by atoms with E-state index >= 15 is 0 Å². The van der Waals surface area contributed by atoms with Crippen molar-refractivity contribution in [2.75, 3.05) is 27.3 Å². The summed E-state index contributed by atoms with van der Waals surface area (Å²) in [6.07, 6.45) is 6.00. The molecular weight excluding hydrogens is 350 g/mol. The lowest BCUT2D eigenvalue weighted by Crippen LogP contribution is -2.26. The Morgan fingerprint density at radius 3 is 2.68 bits per heavy atom. The molecule has 0 radical (unpaired) electrons. The number of aliphatic hydroxyl groups excluding tert-OH is 1. The molecule has 152 valence electrons. The summed E-state index contributed by atoms with van der Waals surface area (Å²) in [6, 6.07) is 17.1. The molecule has 0 aromatic heterocycles. The number of rotatable bonds is 10. The van der Waals surface area contributed by atoms with Crippen LogP contribution in [0.4, 0.5) is 0 Å². The number of likely N-dealkylation sites (N-methyl/N-ethyl adjacent to an activating group) is 1. The van der Waals surface area contributed by atoms with Crippen molar-refractivity contribution in [1.82, 2.24) is 4.90 Å². The summed E-state index contributed by atoms with van der Waals surface area (Å²) in [5, 5.41) is 9.77. The molecule has 2 atom stereocenters. The quantitative estimate of drug-likeness (QED) is 0.628. The molecule has 0 saturated carbocycles. The zero-order valence-electron chi connectivity index (χ0n) is 17.1. The average Bonchev–Trinajstić information content (AvgIpc) is 3.03. The normalized spacial score (nSPS) is 19.7. The van der Waals surface area contributed by atoms with Crippen LogP contribution in [-0.4, -0.2) is 49.5 Å². The minimum absolute atomic E-state index is 0.188. The first-order chi connectivity index (χ1) is 13.7. The molecule has 2 aromatic rings. The number of para-hydroxylation sites is 1. The van der Waals surface area contributed by atoms with E-state index in [1.807, 2.05) is 12.1 Å². The van der Waals surface area contributed by atoms with Gasteiger partial charge in [0.2, 0.25) is 0 Å². The van der Waals surface area contributed by atoms with Gasteiger partial charge >= 0.3 is 0 Å². The second-order valence-corrected chi connectivity index (χ2v) is 7.79. The number of unbranched alkanes of at least 4 members (excludes halogenated alkanes) is 1. The minimum atomic E-state index is -0.188. The second kappa shape index (κ2) is 10.5. The molecule has 28 heavy (non-hydrogen) atoms. The number of benzene rings is 2. The predicted octanol–water partition coefficient (Wildman–Crippen LogP) is 4.09. The Balaban J connectivity index is 1.43. The Kier molecular flexibility index (Phi) is 7.75. The lowest BCUT2D eigenvalue weighted by atomic mass is 10.0. The van der Waals surface area contributed by atoms with E-state index in [1.54, 1.807) is 7.11 Å². The van der Waals surface area contributed by atoms with E-state index in [1.165, 1.54) is 11.1 Å². The Bertz CT molecular complexity index is 733. The van der Waals surface area contributed by atoms with Crippen LogP contribution < -0.4 is 9.47 Å². The van der Waals surface area contributed by atoms with Crippen molar-refractivity contribution in [2.45, 2.75) is 50.7 Å². The van der Waals surface area contributed by atoms with E-state index in [0.29, 0.717) is 12.6 Å². The van der Waals surface area contributed by atoms with Gasteiger partial charge in [0.15, 0.2) is 0 Å². The fourth-order valence-electron chi connectivity index (χ4n) is 4.02. The van der Waals surface area contributed by atoms with Crippen LogP contribution in [0.15, 0.2) is 48.5 Å². The lowest BCUT2D eigenvalue weighted by molar-refractivity contribution is 0.182. The summed E-state index contributed by atoms with van der Waals surface area (Å²) in [7, 11) is 3.79. The van der Waals surface area contributed by atoms with Gasteiger partial charge in [-0.15, -0.1) is 0 Å². The Labute approximate surface area is 169 Å². The molecule has 3 rings (SSSR count). The van der Waals surface area contributed by atoms with Crippen molar-refractivity contribution in [3.8, 4) is 11.5 Å². The Hall–Kier alpha value is -2.04. The van der Waals surface area contributed by atoms with Crippen LogP contribution in [0.3, 0.4) is 0 Å². The van der Waals surface area contributed by atoms with Gasteiger partial charge in [0.1, 0.15) is 11.5 Å². The maximum absolute atomic E-state index is 9.77. The SMILES string of the molecule is COc1cccc(CCCCc2ccccc2OCC[C@@H]2C[C@@H](O)CN2C)c1. The molecule has 0 spiro atoms. The van der Waals surface area contributed by atoms with Crippen molar-refractivity contribution in [3.63, 3.8) is 0 Å². The van der Waals surface area contributed by atoms with E-state index in [9.17, 15) is 5.11 Å². The number of hydrogen-bond acceptors (Lipinski definition) is 4. The number of methoxy groups -OCH3 is 1. The molecule has 4 heteroatoms. The maximum atomic E-state index is 9.77. The van der Waals surface area contributed by atoms with Gasteiger partial charge in [0, 0.05) is 12.6 Å². The molecule has 0 unspecified atom stereocenters. The van der Waals surface area contributed by atoms with E-state index in [0.717, 1.165) is 56.6 Å². The van der Waals surface area contributed by atoms with Crippen LogP contribution in [-0.2, 0) is 12.8 Å². The molecule has 2 aromatic carbocycles. The maximum Gasteiger partial charge on any atom is 0.122 e. The smallest absolute Gasteiger partial charge is 0.122 e. The van der Waals surface area contributed by atoms with Gasteiger partial charge in [-0.2, -0.15) is 0 Å². The lowest BCUT2D eigenvalue weighted by Gasteiger charge is -2.19. The van der Waals surface area contributed by atoms with Gasteiger partial charge in [-0.1, -0.05) is 30.3 Å². The summed E-state index contributed by atoms with van der Waals surface area (Å²) in [5.41, 5.74) is 2.61. The molecule has 4 nitrogen and oxygen atoms in total. The van der Waals surface area contributed by atoms with Gasteiger partial charge in [0.25, 0.3) is 0 Å². The summed E-state index contributed by atoms with van der Waals surface area (Å²) in [6.45, 7) is 1.47. The second-order valence-electron chi connectivity index (χ2n) is 7.79. The fraction of sp³-hybridized carbons (Fsp3) is 0.500. The molecule has 1 saturated heterocycles. The largest absolute Gasteiger partial charge is 0.497 e. The van der Waals surface area contributed by atoms with Gasteiger partial charge in [-0.3, -0.25) is 0 Å². The van der Waals surface area contributed by atoms with Crippen molar-refractivity contribution < 1.29 is 14.6 Å². The molecule has 1 fully saturated rings. The van der Waals surface area contributed by atoms with Crippen molar-refractivity contribution in [2.24, 2.45) is 0 Å². The zero-order chi connectivity index (χ0) is 19.8. The molecule has 0 aliphatic carbocycles. The molecule has 0 amide bonds. The highest BCUT2D eigenvalue weighted by Gasteiger charge is 2.27. The van der Waals surface area contributed by atoms with Crippen molar-refractivity contribution >= 4 is 0 Å². The molecular formula is C24H33NO3. The summed E-state index contributed by atoms with van der Waals surface area (Å²) in [4.78, 5) is 2.23. The van der Waals surface area contributed by atoms with Crippen LogP contribution in [0.25, 0.3) is 0 Å². The highest BCUT2D eigenvalue weighted by atomic mass is 16.5. The van der Waals surface area contributed by atoms with E-state index in [-0.39, 0.29) is 6.10 Å². The number of aryl methyl sites for hydroxylation is 2. The van der Waals surface area contributed by atoms with Crippen LogP contribution in [0.1, 0.15) is 36.8 Å². The third-order valence-corrected chi connectivity index (χ3v) is 5.64. The highest BCUT2D eigenvalue weighted by molar-refractivity contribution is 5.33. The van der Waals surface area contributed by atoms with E-state index in [2.05, 4.69) is 48.3 Å². The first-order valence-corrected chi connectivity index (χ1v) is 10.4. The standard InChI is InChI=1S/C24H33NO3/c1-25-18-22(26)17-21(25)14-15-28-24-13-6-5-11-20(24)10-4-3-8-19-9-7-12-23(16-19)27-2/h5-7,9,11-13,16,21-22,26H,3-4,8,10,14-15,17-18H2,1-2H3/t21-,22-/m1/s1. The number of hydrogen-bond donors (Lipinski definition) is 1. The Morgan fingerprint density at radius 1 is 1.07 bits per heavy atom. The number of nitrogens with zero attached hydrogens (tertiary/aromatic N) is 1. The first kappa shape index (κ1) is 20.7. The summed E-state index contributed by atoms with van der Waals surface area (Å²) in [5.74, 6) is 1.93. The van der Waals surface area contributed by atoms with Gasteiger partial charge < -0.3 is 19.5 Å². The molecule has 1 heterocycles. The van der Waals surface area contributed by atoms with Gasteiger partial charge in [-0.25, -0.2) is 0 Å². The average molecular weight is 384 g/mol. The third-order valence-electron chi connectivity index (χ3n) is 5.64. The third kappa shape index (κ3) is 5.98. The van der Waals surface area contributed by atoms with Crippen LogP contribution in [0, 0.1) is 0 Å². The predicted molar refractivity (Wildman–Crippen MR) is 113 cm³/mol. The van der Waals surface area contributed by atoms with E-state index in [4.69, 9.17) is 9.47 Å². The first-order valence-electron chi connectivity index (χ1n) is 10.4. The molecule has 1 aliphatic rings. The number of likely N-dealkylation sites (tertiary alicyclic amines) is 1. The van der Waals surface area contributed by atoms with Crippen LogP contribution >= 0.6 is 0 Å². The van der Waals surface area contributed by atoms with Crippen LogP contribution in [0.2, 0.25) is 0 Å². The molecule has 1 N–H and O–H groups in total. The number of β-amino-alcohol motifs (C(OH)–C–C–N with tert-alkyl or cyclic N) is 1. The highest BCUT2D eigenvalue weighted by Crippen LogP contribution is 2.23. The molecule has 1 aliphatic heterocycles. The topological polar surface area (TPSA) is 41.9 Å². The van der Waals surface area contributed by atoms with Crippen molar-refractivity contribution in [1.29, 1.82) is 0 Å². The monoisotopic (exact) mass is 383 g/mol.